The Morgan fingerprint density at radius 1 is 1.07 bits per heavy atom. The normalized spacial score (nSPS) is 35.4. The molecule has 0 unspecified atom stereocenters. The first kappa shape index (κ1) is 21.0. The minimum absolute atomic E-state index is 0.165. The molecular formula is C23H30N2O5. The second kappa shape index (κ2) is 7.78. The van der Waals surface area contributed by atoms with E-state index in [-0.39, 0.29) is 24.2 Å². The van der Waals surface area contributed by atoms with E-state index in [1.54, 1.807) is 0 Å². The molecule has 2 amide bonds. The molecule has 162 valence electrons. The number of fused-ring (bicyclic) bond motifs is 3. The lowest BCUT2D eigenvalue weighted by atomic mass is 9.60. The van der Waals surface area contributed by atoms with Crippen LogP contribution in [0.2, 0.25) is 0 Å². The van der Waals surface area contributed by atoms with Crippen LogP contribution in [0.5, 0.6) is 0 Å². The van der Waals surface area contributed by atoms with E-state index in [9.17, 15) is 19.8 Å². The zero-order chi connectivity index (χ0) is 21.6. The highest BCUT2D eigenvalue weighted by atomic mass is 16.6. The fourth-order valence-corrected chi connectivity index (χ4v) is 5.40. The van der Waals surface area contributed by atoms with Crippen LogP contribution in [-0.2, 0) is 21.0 Å². The molecule has 1 aromatic carbocycles. The Balaban J connectivity index is 1.59. The molecule has 7 nitrogen and oxygen atoms in total. The summed E-state index contributed by atoms with van der Waals surface area (Å²) in [4.78, 5) is 33.1. The highest BCUT2D eigenvalue weighted by molar-refractivity contribution is 6.06. The quantitative estimate of drug-likeness (QED) is 0.583. The lowest BCUT2D eigenvalue weighted by Crippen LogP contribution is -2.55. The van der Waals surface area contributed by atoms with E-state index >= 15 is 0 Å². The minimum atomic E-state index is -1.06. The van der Waals surface area contributed by atoms with Gasteiger partial charge in [-0.3, -0.25) is 14.5 Å². The van der Waals surface area contributed by atoms with Gasteiger partial charge in [0.15, 0.2) is 0 Å². The van der Waals surface area contributed by atoms with Crippen molar-refractivity contribution < 1.29 is 24.6 Å². The van der Waals surface area contributed by atoms with Crippen molar-refractivity contribution in [2.75, 3.05) is 0 Å². The van der Waals surface area contributed by atoms with Crippen LogP contribution in [0.1, 0.15) is 45.6 Å². The van der Waals surface area contributed by atoms with E-state index in [1.807, 2.05) is 51.1 Å². The van der Waals surface area contributed by atoms with Crippen molar-refractivity contribution in [3.05, 3.63) is 35.9 Å². The molecule has 1 aliphatic heterocycles. The Morgan fingerprint density at radius 3 is 2.40 bits per heavy atom. The number of benzene rings is 1. The van der Waals surface area contributed by atoms with E-state index in [0.29, 0.717) is 25.2 Å². The van der Waals surface area contributed by atoms with Crippen LogP contribution in [-0.4, -0.2) is 50.4 Å². The van der Waals surface area contributed by atoms with Gasteiger partial charge in [0.25, 0.3) is 0 Å². The lowest BCUT2D eigenvalue weighted by molar-refractivity contribution is -0.146. The zero-order valence-electron chi connectivity index (χ0n) is 17.7. The van der Waals surface area contributed by atoms with Crippen molar-refractivity contribution in [3.63, 3.8) is 0 Å². The van der Waals surface area contributed by atoms with E-state index < -0.39 is 35.5 Å². The molecule has 4 rings (SSSR count). The van der Waals surface area contributed by atoms with Gasteiger partial charge in [0.2, 0.25) is 11.8 Å². The number of amides is 2. The summed E-state index contributed by atoms with van der Waals surface area (Å²) in [5, 5.41) is 25.6. The third-order valence-electron chi connectivity index (χ3n) is 6.71. The number of aliphatic hydroxyl groups excluding tert-OH is 2. The first-order valence-electron chi connectivity index (χ1n) is 10.7. The molecule has 6 atom stereocenters. The molecule has 1 heterocycles. The van der Waals surface area contributed by atoms with Crippen LogP contribution in [0.3, 0.4) is 0 Å². The molecule has 0 bridgehead atoms. The number of aliphatic hydroxyl groups is 2. The van der Waals surface area contributed by atoms with Crippen molar-refractivity contribution in [2.24, 2.45) is 28.8 Å². The fraction of sp³-hybridized carbons (Fsp3) is 0.609. The maximum Gasteiger partial charge on any atom is 0.233 e. The van der Waals surface area contributed by atoms with Gasteiger partial charge < -0.3 is 15.1 Å². The number of likely N-dealkylation sites (tertiary alicyclic amines) is 1. The molecule has 1 saturated heterocycles. The van der Waals surface area contributed by atoms with Crippen LogP contribution in [0.25, 0.3) is 0 Å². The predicted octanol–water partition coefficient (Wildman–Crippen LogP) is 2.11. The van der Waals surface area contributed by atoms with Gasteiger partial charge in [-0.2, -0.15) is 0 Å². The van der Waals surface area contributed by atoms with Crippen LogP contribution in [0, 0.1) is 23.7 Å². The molecule has 1 aromatic rings. The number of oxime groups is 1. The molecular weight excluding hydrogens is 384 g/mol. The number of rotatable bonds is 3. The highest BCUT2D eigenvalue weighted by Crippen LogP contribution is 2.50. The third kappa shape index (κ3) is 3.54. The van der Waals surface area contributed by atoms with E-state index in [0.717, 1.165) is 5.56 Å². The average molecular weight is 415 g/mol. The molecule has 0 aromatic heterocycles. The van der Waals surface area contributed by atoms with Gasteiger partial charge in [0.05, 0.1) is 29.8 Å². The van der Waals surface area contributed by atoms with E-state index in [4.69, 9.17) is 4.84 Å². The van der Waals surface area contributed by atoms with Gasteiger partial charge >= 0.3 is 0 Å². The molecule has 2 saturated carbocycles. The minimum Gasteiger partial charge on any atom is -0.391 e. The molecule has 7 heteroatoms. The van der Waals surface area contributed by atoms with Gasteiger partial charge in [0, 0.05) is 23.8 Å². The van der Waals surface area contributed by atoms with Crippen molar-refractivity contribution in [1.82, 2.24) is 4.90 Å². The zero-order valence-corrected chi connectivity index (χ0v) is 17.7. The standard InChI is InChI=1S/C23H30N2O5/c1-23(2,3)25-21(28)15-10-9-14-16(24-30-12-13-7-5-4-6-8-13)11-17(26)20(27)18(14)19(15)22(25)29/h4-8,14-15,17-20,26-27H,9-12H2,1-3H3/t14-,15-,17-,18+,19+,20-/m1/s1. The van der Waals surface area contributed by atoms with Crippen molar-refractivity contribution in [1.29, 1.82) is 0 Å². The Kier molecular flexibility index (Phi) is 5.45. The summed E-state index contributed by atoms with van der Waals surface area (Å²) < 4.78 is 0. The second-order valence-electron chi connectivity index (χ2n) is 9.68. The molecule has 3 fully saturated rings. The van der Waals surface area contributed by atoms with Gasteiger partial charge in [-0.25, -0.2) is 0 Å². The topological polar surface area (TPSA) is 99.4 Å². The number of carbonyl (C=O) groups is 2. The van der Waals surface area contributed by atoms with Gasteiger partial charge in [-0.15, -0.1) is 0 Å². The van der Waals surface area contributed by atoms with Crippen LogP contribution >= 0.6 is 0 Å². The average Bonchev–Trinajstić information content (AvgIpc) is 2.96. The summed E-state index contributed by atoms with van der Waals surface area (Å²) in [6.45, 7) is 5.83. The molecule has 2 N–H and O–H groups in total. The van der Waals surface area contributed by atoms with E-state index in [1.165, 1.54) is 4.90 Å². The lowest BCUT2D eigenvalue weighted by Gasteiger charge is -2.45. The Morgan fingerprint density at radius 2 is 1.73 bits per heavy atom. The van der Waals surface area contributed by atoms with Crippen LogP contribution in [0.15, 0.2) is 35.5 Å². The maximum atomic E-state index is 13.3. The van der Waals surface area contributed by atoms with Gasteiger partial charge in [-0.05, 0) is 39.2 Å². The van der Waals surface area contributed by atoms with Crippen LogP contribution < -0.4 is 0 Å². The second-order valence-corrected chi connectivity index (χ2v) is 9.68. The first-order chi connectivity index (χ1) is 14.2. The van der Waals surface area contributed by atoms with Gasteiger partial charge in [0.1, 0.15) is 6.61 Å². The summed E-state index contributed by atoms with van der Waals surface area (Å²) in [5.41, 5.74) is 1.03. The summed E-state index contributed by atoms with van der Waals surface area (Å²) >= 11 is 0. The Bertz CT molecular complexity index is 847. The summed E-state index contributed by atoms with van der Waals surface area (Å²) in [5.74, 6) is -2.19. The Hall–Kier alpha value is -2.25. The number of carbonyl (C=O) groups excluding carboxylic acids is 2. The predicted molar refractivity (Wildman–Crippen MR) is 110 cm³/mol. The Labute approximate surface area is 176 Å². The first-order valence-corrected chi connectivity index (χ1v) is 10.7. The van der Waals surface area contributed by atoms with Crippen LogP contribution in [0.4, 0.5) is 0 Å². The number of hydrogen-bond donors (Lipinski definition) is 2. The number of nitrogens with zero attached hydrogens (tertiary/aromatic N) is 2. The van der Waals surface area contributed by atoms with Crippen molar-refractivity contribution in [3.8, 4) is 0 Å². The highest BCUT2D eigenvalue weighted by Gasteiger charge is 2.61. The number of imide groups is 1. The monoisotopic (exact) mass is 414 g/mol. The smallest absolute Gasteiger partial charge is 0.233 e. The third-order valence-corrected chi connectivity index (χ3v) is 6.71. The maximum absolute atomic E-state index is 13.3. The largest absolute Gasteiger partial charge is 0.391 e. The summed E-state index contributed by atoms with van der Waals surface area (Å²) in [7, 11) is 0. The molecule has 2 aliphatic carbocycles. The summed E-state index contributed by atoms with van der Waals surface area (Å²) in [6, 6.07) is 9.66. The fourth-order valence-electron chi connectivity index (χ4n) is 5.40. The SMILES string of the molecule is CC(C)(C)N1C(=O)[C@@H]2[C@H]3[C@H](O)[C@H](O)CC(=NOCc4ccccc4)[C@H]3CC[C@H]2C1=O. The number of hydrogen-bond acceptors (Lipinski definition) is 6. The molecule has 0 spiro atoms. The van der Waals surface area contributed by atoms with Gasteiger partial charge in [-0.1, -0.05) is 35.5 Å². The molecule has 3 aliphatic rings. The molecule has 0 radical (unpaired) electrons. The van der Waals surface area contributed by atoms with E-state index in [2.05, 4.69) is 5.16 Å². The summed E-state index contributed by atoms with van der Waals surface area (Å²) in [6.07, 6.45) is -0.674. The molecule has 30 heavy (non-hydrogen) atoms. The van der Waals surface area contributed by atoms with Crippen molar-refractivity contribution in [2.45, 2.75) is 64.4 Å². The van der Waals surface area contributed by atoms with Crippen molar-refractivity contribution >= 4 is 17.5 Å².